The van der Waals surface area contributed by atoms with Gasteiger partial charge in [-0.15, -0.1) is 0 Å². The fourth-order valence-electron chi connectivity index (χ4n) is 4.26. The molecule has 0 aromatic rings. The molecule has 3 fully saturated rings. The maximum absolute atomic E-state index is 12.6. The zero-order valence-electron chi connectivity index (χ0n) is 13.8. The summed E-state index contributed by atoms with van der Waals surface area (Å²) in [4.78, 5) is 16.7. The van der Waals surface area contributed by atoms with Gasteiger partial charge in [0.15, 0.2) is 0 Å². The monoisotopic (exact) mass is 343 g/mol. The normalized spacial score (nSPS) is 30.4. The van der Waals surface area contributed by atoms with Crippen LogP contribution in [0.15, 0.2) is 0 Å². The van der Waals surface area contributed by atoms with Crippen molar-refractivity contribution in [3.05, 3.63) is 0 Å². The van der Waals surface area contributed by atoms with Crippen LogP contribution in [0.1, 0.15) is 38.5 Å². The van der Waals surface area contributed by atoms with Gasteiger partial charge in [0.05, 0.1) is 5.75 Å². The Morgan fingerprint density at radius 3 is 2.30 bits per heavy atom. The summed E-state index contributed by atoms with van der Waals surface area (Å²) in [6.45, 7) is 3.41. The molecule has 2 aliphatic carbocycles. The quantitative estimate of drug-likeness (QED) is 0.794. The lowest BCUT2D eigenvalue weighted by molar-refractivity contribution is -0.134. The Bertz CT molecular complexity index is 523. The number of carbonyl (C=O) groups is 1. The number of hydrogen-bond acceptors (Lipinski definition) is 4. The van der Waals surface area contributed by atoms with Crippen molar-refractivity contribution < 1.29 is 13.2 Å². The Hall–Kier alpha value is -0.660. The maximum Gasteiger partial charge on any atom is 0.226 e. The first-order valence-corrected chi connectivity index (χ1v) is 10.7. The van der Waals surface area contributed by atoms with Crippen molar-refractivity contribution in [2.75, 3.05) is 38.5 Å². The highest BCUT2D eigenvalue weighted by molar-refractivity contribution is 7.89. The van der Waals surface area contributed by atoms with Crippen LogP contribution in [0.25, 0.3) is 0 Å². The van der Waals surface area contributed by atoms with Gasteiger partial charge >= 0.3 is 0 Å². The van der Waals surface area contributed by atoms with Gasteiger partial charge in [-0.2, -0.15) is 0 Å². The van der Waals surface area contributed by atoms with Gasteiger partial charge in [-0.05, 0) is 18.3 Å². The maximum atomic E-state index is 12.6. The van der Waals surface area contributed by atoms with Crippen LogP contribution < -0.4 is 5.14 Å². The topological polar surface area (TPSA) is 83.7 Å². The third-order valence-electron chi connectivity index (χ3n) is 5.79. The van der Waals surface area contributed by atoms with Crippen molar-refractivity contribution in [2.45, 2.75) is 38.5 Å². The number of nitrogens with two attached hydrogens (primary N) is 1. The predicted octanol–water partition coefficient (Wildman–Crippen LogP) is 0.636. The molecule has 1 saturated heterocycles. The van der Waals surface area contributed by atoms with E-state index in [0.717, 1.165) is 38.5 Å². The molecule has 132 valence electrons. The highest BCUT2D eigenvalue weighted by atomic mass is 32.2. The molecule has 3 aliphatic rings. The molecule has 2 atom stereocenters. The summed E-state index contributed by atoms with van der Waals surface area (Å²) < 4.78 is 22.0. The average Bonchev–Trinajstić information content (AvgIpc) is 3.33. The number of primary sulfonamides is 1. The van der Waals surface area contributed by atoms with E-state index in [1.807, 2.05) is 4.90 Å². The van der Waals surface area contributed by atoms with E-state index in [0.29, 0.717) is 18.4 Å². The fourth-order valence-corrected chi connectivity index (χ4v) is 4.78. The molecular formula is C16H29N3O3S. The lowest BCUT2D eigenvalue weighted by atomic mass is 9.85. The van der Waals surface area contributed by atoms with E-state index in [1.165, 1.54) is 32.1 Å². The van der Waals surface area contributed by atoms with E-state index in [1.54, 1.807) is 0 Å². The summed E-state index contributed by atoms with van der Waals surface area (Å²) in [5.74, 6) is 2.03. The third kappa shape index (κ3) is 4.67. The molecule has 2 unspecified atom stereocenters. The molecule has 0 spiro atoms. The predicted molar refractivity (Wildman–Crippen MR) is 89.2 cm³/mol. The van der Waals surface area contributed by atoms with E-state index in [2.05, 4.69) is 4.90 Å². The number of sulfonamides is 1. The van der Waals surface area contributed by atoms with Crippen LogP contribution in [0.5, 0.6) is 0 Å². The van der Waals surface area contributed by atoms with E-state index < -0.39 is 10.0 Å². The van der Waals surface area contributed by atoms with Gasteiger partial charge < -0.3 is 4.90 Å². The lowest BCUT2D eigenvalue weighted by Gasteiger charge is -2.35. The van der Waals surface area contributed by atoms with Gasteiger partial charge in [0.2, 0.25) is 15.9 Å². The number of hydrogen-bond donors (Lipinski definition) is 1. The van der Waals surface area contributed by atoms with E-state index >= 15 is 0 Å². The summed E-state index contributed by atoms with van der Waals surface area (Å²) in [7, 11) is -3.40. The Balaban J connectivity index is 1.41. The molecule has 0 aromatic carbocycles. The third-order valence-corrected chi connectivity index (χ3v) is 6.54. The Labute approximate surface area is 139 Å². The lowest BCUT2D eigenvalue weighted by Crippen LogP contribution is -2.50. The second-order valence-electron chi connectivity index (χ2n) is 7.44. The van der Waals surface area contributed by atoms with Crippen LogP contribution in [0.3, 0.4) is 0 Å². The molecule has 3 rings (SSSR count). The molecule has 2 saturated carbocycles. The average molecular weight is 343 g/mol. The van der Waals surface area contributed by atoms with Crippen LogP contribution in [-0.2, 0) is 14.8 Å². The smallest absolute Gasteiger partial charge is 0.226 e. The zero-order chi connectivity index (χ0) is 16.4. The Morgan fingerprint density at radius 1 is 1.04 bits per heavy atom. The molecule has 0 bridgehead atoms. The highest BCUT2D eigenvalue weighted by Crippen LogP contribution is 2.50. The second kappa shape index (κ2) is 7.07. The van der Waals surface area contributed by atoms with Crippen LogP contribution in [-0.4, -0.2) is 62.6 Å². The number of piperazine rings is 1. The summed E-state index contributed by atoms with van der Waals surface area (Å²) in [6, 6.07) is 0. The standard InChI is InChI=1S/C16H29N3O3S/c17-23(21,22)11-10-18-6-8-19(9-7-18)16(20)15-12-14(15)13-4-2-1-3-5-13/h13-15H,1-12H2,(H2,17,21,22). The first-order chi connectivity index (χ1) is 10.9. The first-order valence-electron chi connectivity index (χ1n) is 8.95. The van der Waals surface area contributed by atoms with Crippen molar-refractivity contribution in [1.82, 2.24) is 9.80 Å². The fraction of sp³-hybridized carbons (Fsp3) is 0.938. The minimum absolute atomic E-state index is 0.00662. The summed E-state index contributed by atoms with van der Waals surface area (Å²) in [5, 5.41) is 5.04. The molecular weight excluding hydrogens is 314 g/mol. The summed E-state index contributed by atoms with van der Waals surface area (Å²) in [5.41, 5.74) is 0. The first kappa shape index (κ1) is 17.2. The van der Waals surface area contributed by atoms with Gasteiger partial charge in [-0.3, -0.25) is 9.69 Å². The number of nitrogens with zero attached hydrogens (tertiary/aromatic N) is 2. The van der Waals surface area contributed by atoms with E-state index in [9.17, 15) is 13.2 Å². The number of rotatable bonds is 5. The minimum Gasteiger partial charge on any atom is -0.340 e. The Kier molecular flexibility index (Phi) is 5.28. The highest BCUT2D eigenvalue weighted by Gasteiger charge is 2.48. The van der Waals surface area contributed by atoms with Crippen molar-refractivity contribution in [1.29, 1.82) is 0 Å². The molecule has 0 radical (unpaired) electrons. The van der Waals surface area contributed by atoms with Gasteiger partial charge in [0.1, 0.15) is 0 Å². The largest absolute Gasteiger partial charge is 0.340 e. The zero-order valence-corrected chi connectivity index (χ0v) is 14.6. The number of amides is 1. The molecule has 1 aliphatic heterocycles. The Morgan fingerprint density at radius 2 is 1.70 bits per heavy atom. The van der Waals surface area contributed by atoms with Gasteiger partial charge in [-0.1, -0.05) is 32.1 Å². The van der Waals surface area contributed by atoms with Gasteiger partial charge in [0, 0.05) is 38.6 Å². The molecule has 23 heavy (non-hydrogen) atoms. The van der Waals surface area contributed by atoms with Crippen LogP contribution in [0, 0.1) is 17.8 Å². The SMILES string of the molecule is NS(=O)(=O)CCN1CCN(C(=O)C2CC2C2CCCCC2)CC1. The van der Waals surface area contributed by atoms with E-state index in [4.69, 9.17) is 5.14 Å². The van der Waals surface area contributed by atoms with Crippen LogP contribution in [0.2, 0.25) is 0 Å². The molecule has 7 heteroatoms. The van der Waals surface area contributed by atoms with Crippen molar-refractivity contribution in [2.24, 2.45) is 22.9 Å². The van der Waals surface area contributed by atoms with Crippen LogP contribution in [0.4, 0.5) is 0 Å². The summed E-state index contributed by atoms with van der Waals surface area (Å²) in [6.07, 6.45) is 7.76. The molecule has 1 amide bonds. The second-order valence-corrected chi connectivity index (χ2v) is 9.17. The molecule has 0 aromatic heterocycles. The molecule has 1 heterocycles. The number of carbonyl (C=O) groups excluding carboxylic acids is 1. The van der Waals surface area contributed by atoms with Crippen LogP contribution >= 0.6 is 0 Å². The van der Waals surface area contributed by atoms with E-state index in [-0.39, 0.29) is 11.7 Å². The van der Waals surface area contributed by atoms with Gasteiger partial charge in [0.25, 0.3) is 0 Å². The van der Waals surface area contributed by atoms with Crippen molar-refractivity contribution in [3.8, 4) is 0 Å². The van der Waals surface area contributed by atoms with Crippen molar-refractivity contribution >= 4 is 15.9 Å². The minimum atomic E-state index is -3.40. The molecule has 2 N–H and O–H groups in total. The summed E-state index contributed by atoms with van der Waals surface area (Å²) >= 11 is 0. The van der Waals surface area contributed by atoms with Crippen molar-refractivity contribution in [3.63, 3.8) is 0 Å². The van der Waals surface area contributed by atoms with Gasteiger partial charge in [-0.25, -0.2) is 13.6 Å². The molecule has 6 nitrogen and oxygen atoms in total.